The molecule has 0 spiro atoms. The number of nitrogens with two attached hydrogens (primary N) is 1. The number of aryl methyl sites for hydroxylation is 1. The number of nitrogens with one attached hydrogen (secondary N) is 2. The van der Waals surface area contributed by atoms with Crippen molar-refractivity contribution in [3.63, 3.8) is 0 Å². The number of nitrogen functional groups attached to an aromatic ring is 1. The third-order valence-electron chi connectivity index (χ3n) is 4.73. The normalized spacial score (nSPS) is 10.7. The van der Waals surface area contributed by atoms with Crippen molar-refractivity contribution in [3.05, 3.63) is 77.5 Å². The van der Waals surface area contributed by atoms with Gasteiger partial charge in [0, 0.05) is 22.5 Å². The Hall–Kier alpha value is -4.17. The molecule has 0 radical (unpaired) electrons. The van der Waals surface area contributed by atoms with Crippen molar-refractivity contribution in [3.8, 4) is 11.1 Å². The second-order valence-corrected chi connectivity index (χ2v) is 7.38. The summed E-state index contributed by atoms with van der Waals surface area (Å²) in [6.07, 6.45) is 1.14. The summed E-state index contributed by atoms with van der Waals surface area (Å²) in [7, 11) is 0. The Kier molecular flexibility index (Phi) is 5.61. The van der Waals surface area contributed by atoms with E-state index in [0.29, 0.717) is 28.0 Å². The molecule has 0 saturated heterocycles. The topological polar surface area (TPSA) is 123 Å². The summed E-state index contributed by atoms with van der Waals surface area (Å²) >= 11 is 6.17. The van der Waals surface area contributed by atoms with Crippen LogP contribution in [0.15, 0.2) is 65.7 Å². The van der Waals surface area contributed by atoms with E-state index in [1.807, 2.05) is 25.1 Å². The van der Waals surface area contributed by atoms with Crippen LogP contribution in [-0.4, -0.2) is 22.0 Å². The van der Waals surface area contributed by atoms with Crippen LogP contribution in [0, 0.1) is 6.92 Å². The fourth-order valence-corrected chi connectivity index (χ4v) is 3.44. The molecule has 0 saturated carbocycles. The molecule has 4 rings (SSSR count). The van der Waals surface area contributed by atoms with Gasteiger partial charge in [-0.05, 0) is 55.0 Å². The van der Waals surface area contributed by atoms with Gasteiger partial charge in [0.05, 0.1) is 16.1 Å². The summed E-state index contributed by atoms with van der Waals surface area (Å²) < 4.78 is 5.07. The van der Waals surface area contributed by atoms with Gasteiger partial charge in [-0.15, -0.1) is 0 Å². The average molecular weight is 448 g/mol. The number of hydrogen-bond donors (Lipinski definition) is 3. The highest BCUT2D eigenvalue weighted by Crippen LogP contribution is 2.33. The molecule has 2 aromatic heterocycles. The van der Waals surface area contributed by atoms with Crippen molar-refractivity contribution in [2.24, 2.45) is 0 Å². The summed E-state index contributed by atoms with van der Waals surface area (Å²) in [6.45, 7) is 5.25. The van der Waals surface area contributed by atoms with Crippen molar-refractivity contribution < 1.29 is 14.1 Å². The highest BCUT2D eigenvalue weighted by Gasteiger charge is 2.15. The molecule has 4 aromatic rings. The van der Waals surface area contributed by atoms with Gasteiger partial charge in [-0.1, -0.05) is 35.5 Å². The number of amides is 2. The van der Waals surface area contributed by atoms with Gasteiger partial charge < -0.3 is 20.9 Å². The monoisotopic (exact) mass is 447 g/mol. The largest absolute Gasteiger partial charge is 0.367 e. The Morgan fingerprint density at radius 3 is 2.56 bits per heavy atom. The summed E-state index contributed by atoms with van der Waals surface area (Å²) in [5.41, 5.74) is 10.2. The average Bonchev–Trinajstić information content (AvgIpc) is 3.15. The number of hydrogen-bond acceptors (Lipinski definition) is 6. The molecule has 32 heavy (non-hydrogen) atoms. The van der Waals surface area contributed by atoms with Gasteiger partial charge >= 0.3 is 0 Å². The third-order valence-corrected chi connectivity index (χ3v) is 5.05. The van der Waals surface area contributed by atoms with E-state index < -0.39 is 0 Å². The SMILES string of the molecule is C=CC(=O)Nc1ccc(C(=O)Nc2ccc(-c3cc(C)nc4noc(N)c34)cc2)cc1Cl. The number of nitrogens with zero attached hydrogens (tertiary/aromatic N) is 2. The molecule has 0 aliphatic carbocycles. The molecule has 2 heterocycles. The molecule has 0 unspecified atom stereocenters. The van der Waals surface area contributed by atoms with Crippen LogP contribution in [0.3, 0.4) is 0 Å². The zero-order valence-corrected chi connectivity index (χ0v) is 17.7. The van der Waals surface area contributed by atoms with Crippen LogP contribution >= 0.6 is 11.6 Å². The number of benzene rings is 2. The standard InChI is InChI=1S/C23H18ClN5O3/c1-3-19(30)28-18-9-6-14(11-17(18)24)23(31)27-15-7-4-13(5-8-15)16-10-12(2)26-22-20(16)21(25)32-29-22/h3-11H,1,25H2,2H3,(H,27,31)(H,28,30). The summed E-state index contributed by atoms with van der Waals surface area (Å²) in [5, 5.41) is 10.2. The number of carbonyl (C=O) groups is 2. The highest BCUT2D eigenvalue weighted by molar-refractivity contribution is 6.34. The van der Waals surface area contributed by atoms with Crippen molar-refractivity contribution in [1.29, 1.82) is 0 Å². The predicted octanol–water partition coefficient (Wildman–Crippen LogP) is 4.81. The van der Waals surface area contributed by atoms with Gasteiger partial charge in [0.1, 0.15) is 0 Å². The van der Waals surface area contributed by atoms with Crippen LogP contribution in [0.5, 0.6) is 0 Å². The Morgan fingerprint density at radius 2 is 1.88 bits per heavy atom. The summed E-state index contributed by atoms with van der Waals surface area (Å²) in [6, 6.07) is 13.8. The first-order chi connectivity index (χ1) is 15.4. The van der Waals surface area contributed by atoms with E-state index in [1.165, 1.54) is 6.07 Å². The predicted molar refractivity (Wildman–Crippen MR) is 125 cm³/mol. The fourth-order valence-electron chi connectivity index (χ4n) is 3.21. The van der Waals surface area contributed by atoms with Gasteiger partial charge in [0.2, 0.25) is 17.4 Å². The minimum atomic E-state index is -0.390. The molecule has 160 valence electrons. The van der Waals surface area contributed by atoms with E-state index in [2.05, 4.69) is 27.4 Å². The lowest BCUT2D eigenvalue weighted by molar-refractivity contribution is -0.111. The van der Waals surface area contributed by atoms with Gasteiger partial charge in [0.25, 0.3) is 5.91 Å². The lowest BCUT2D eigenvalue weighted by Gasteiger charge is -2.10. The van der Waals surface area contributed by atoms with E-state index in [0.717, 1.165) is 22.9 Å². The van der Waals surface area contributed by atoms with Crippen molar-refractivity contribution in [2.45, 2.75) is 6.92 Å². The number of halogens is 1. The number of rotatable bonds is 5. The van der Waals surface area contributed by atoms with E-state index in [1.54, 1.807) is 24.3 Å². The van der Waals surface area contributed by atoms with E-state index in [4.69, 9.17) is 21.9 Å². The number of pyridine rings is 1. The molecule has 2 aromatic carbocycles. The zero-order chi connectivity index (χ0) is 22.8. The molecule has 2 amide bonds. The molecule has 9 heteroatoms. The number of carbonyl (C=O) groups excluding carboxylic acids is 2. The Balaban J connectivity index is 1.54. The van der Waals surface area contributed by atoms with Crippen LogP contribution in [-0.2, 0) is 4.79 Å². The smallest absolute Gasteiger partial charge is 0.255 e. The quantitative estimate of drug-likeness (QED) is 0.377. The van der Waals surface area contributed by atoms with E-state index in [9.17, 15) is 9.59 Å². The minimum absolute atomic E-state index is 0.199. The second-order valence-electron chi connectivity index (χ2n) is 6.98. The Labute approximate surface area is 188 Å². The Bertz CT molecular complexity index is 1360. The zero-order valence-electron chi connectivity index (χ0n) is 17.0. The maximum absolute atomic E-state index is 12.6. The van der Waals surface area contributed by atoms with Gasteiger partial charge in [-0.25, -0.2) is 4.98 Å². The molecule has 4 N–H and O–H groups in total. The molecule has 0 aliphatic heterocycles. The van der Waals surface area contributed by atoms with E-state index >= 15 is 0 Å². The van der Waals surface area contributed by atoms with Crippen LogP contribution in [0.2, 0.25) is 5.02 Å². The summed E-state index contributed by atoms with van der Waals surface area (Å²) in [4.78, 5) is 28.4. The molecule has 8 nitrogen and oxygen atoms in total. The number of aromatic nitrogens is 2. The van der Waals surface area contributed by atoms with Crippen molar-refractivity contribution >= 4 is 51.7 Å². The molecular formula is C23H18ClN5O3. The first kappa shape index (κ1) is 21.1. The summed E-state index contributed by atoms with van der Waals surface area (Å²) in [5.74, 6) is -0.532. The Morgan fingerprint density at radius 1 is 1.12 bits per heavy atom. The molecule has 0 bridgehead atoms. The van der Waals surface area contributed by atoms with Gasteiger partial charge in [0.15, 0.2) is 0 Å². The fraction of sp³-hybridized carbons (Fsp3) is 0.0435. The molecule has 0 atom stereocenters. The van der Waals surface area contributed by atoms with Crippen LogP contribution in [0.1, 0.15) is 16.1 Å². The van der Waals surface area contributed by atoms with Crippen molar-refractivity contribution in [2.75, 3.05) is 16.4 Å². The van der Waals surface area contributed by atoms with Gasteiger partial charge in [-0.2, -0.15) is 0 Å². The second kappa shape index (κ2) is 8.52. The molecular weight excluding hydrogens is 430 g/mol. The van der Waals surface area contributed by atoms with Crippen molar-refractivity contribution in [1.82, 2.24) is 10.1 Å². The first-order valence-electron chi connectivity index (χ1n) is 9.53. The first-order valence-corrected chi connectivity index (χ1v) is 9.91. The third kappa shape index (κ3) is 4.17. The van der Waals surface area contributed by atoms with E-state index in [-0.39, 0.29) is 22.7 Å². The number of fused-ring (bicyclic) bond motifs is 1. The number of anilines is 3. The van der Waals surface area contributed by atoms with Crippen LogP contribution in [0.4, 0.5) is 17.3 Å². The molecule has 0 fully saturated rings. The lowest BCUT2D eigenvalue weighted by atomic mass is 10.0. The maximum Gasteiger partial charge on any atom is 0.255 e. The van der Waals surface area contributed by atoms with Gasteiger partial charge in [-0.3, -0.25) is 9.59 Å². The highest BCUT2D eigenvalue weighted by atomic mass is 35.5. The lowest BCUT2D eigenvalue weighted by Crippen LogP contribution is -2.13. The minimum Gasteiger partial charge on any atom is -0.367 e. The van der Waals surface area contributed by atoms with Crippen LogP contribution < -0.4 is 16.4 Å². The molecule has 0 aliphatic rings. The maximum atomic E-state index is 12.6. The van der Waals surface area contributed by atoms with Crippen LogP contribution in [0.25, 0.3) is 22.2 Å².